The van der Waals surface area contributed by atoms with Gasteiger partial charge in [-0.05, 0) is 56.2 Å². The molecule has 1 N–H and O–H groups in total. The Bertz CT molecular complexity index is 347. The van der Waals surface area contributed by atoms with Crippen molar-refractivity contribution in [2.45, 2.75) is 45.1 Å². The second-order valence-corrected chi connectivity index (χ2v) is 5.84. The maximum absolute atomic E-state index is 3.63. The molecule has 1 nitrogen and oxygen atoms in total. The van der Waals surface area contributed by atoms with Gasteiger partial charge in [0.25, 0.3) is 0 Å². The van der Waals surface area contributed by atoms with Crippen molar-refractivity contribution in [3.05, 3.63) is 34.3 Å². The fourth-order valence-electron chi connectivity index (χ4n) is 2.48. The Kier molecular flexibility index (Phi) is 5.05. The van der Waals surface area contributed by atoms with Crippen molar-refractivity contribution in [2.75, 3.05) is 6.54 Å². The molecule has 0 amide bonds. The minimum Gasteiger partial charge on any atom is -0.314 e. The van der Waals surface area contributed by atoms with Gasteiger partial charge in [0.05, 0.1) is 0 Å². The highest BCUT2D eigenvalue weighted by Gasteiger charge is 2.29. The molecule has 1 saturated carbocycles. The molecule has 1 aliphatic rings. The topological polar surface area (TPSA) is 12.0 Å². The van der Waals surface area contributed by atoms with Crippen LogP contribution in [0, 0.1) is 5.92 Å². The number of benzene rings is 1. The van der Waals surface area contributed by atoms with Gasteiger partial charge in [0, 0.05) is 10.5 Å². The van der Waals surface area contributed by atoms with Gasteiger partial charge >= 0.3 is 0 Å². The highest BCUT2D eigenvalue weighted by molar-refractivity contribution is 9.10. The molecule has 0 saturated heterocycles. The van der Waals surface area contributed by atoms with Gasteiger partial charge in [-0.25, -0.2) is 0 Å². The summed E-state index contributed by atoms with van der Waals surface area (Å²) in [5.74, 6) is 0.967. The van der Waals surface area contributed by atoms with E-state index in [2.05, 4.69) is 52.4 Å². The van der Waals surface area contributed by atoms with E-state index in [1.165, 1.54) is 42.1 Å². The van der Waals surface area contributed by atoms with E-state index in [0.717, 1.165) is 18.5 Å². The molecule has 1 atom stereocenters. The molecule has 1 unspecified atom stereocenters. The van der Waals surface area contributed by atoms with Crippen LogP contribution in [-0.2, 0) is 6.42 Å². The van der Waals surface area contributed by atoms with Gasteiger partial charge in [-0.3, -0.25) is 0 Å². The predicted molar refractivity (Wildman–Crippen MR) is 77.3 cm³/mol. The molecular formula is C15H22BrN. The van der Waals surface area contributed by atoms with E-state index in [9.17, 15) is 0 Å². The van der Waals surface area contributed by atoms with Crippen molar-refractivity contribution in [2.24, 2.45) is 5.92 Å². The second kappa shape index (κ2) is 6.55. The van der Waals surface area contributed by atoms with Crippen LogP contribution in [0.25, 0.3) is 0 Å². The van der Waals surface area contributed by atoms with Gasteiger partial charge in [0.15, 0.2) is 0 Å². The van der Waals surface area contributed by atoms with Crippen LogP contribution in [0.5, 0.6) is 0 Å². The maximum Gasteiger partial charge on any atom is 0.0207 e. The first-order valence-electron chi connectivity index (χ1n) is 6.78. The van der Waals surface area contributed by atoms with Gasteiger partial charge < -0.3 is 5.32 Å². The maximum atomic E-state index is 3.63. The monoisotopic (exact) mass is 295 g/mol. The van der Waals surface area contributed by atoms with Crippen molar-refractivity contribution in [1.29, 1.82) is 0 Å². The predicted octanol–water partition coefficient (Wildman–Crippen LogP) is 4.16. The molecule has 17 heavy (non-hydrogen) atoms. The lowest BCUT2D eigenvalue weighted by Crippen LogP contribution is -2.30. The fraction of sp³-hybridized carbons (Fsp3) is 0.600. The van der Waals surface area contributed by atoms with Crippen molar-refractivity contribution in [3.63, 3.8) is 0 Å². The zero-order valence-corrected chi connectivity index (χ0v) is 12.2. The van der Waals surface area contributed by atoms with Gasteiger partial charge in [-0.1, -0.05) is 41.1 Å². The number of hydrogen-bond acceptors (Lipinski definition) is 1. The third-order valence-electron chi connectivity index (χ3n) is 3.58. The van der Waals surface area contributed by atoms with Gasteiger partial charge in [-0.15, -0.1) is 0 Å². The van der Waals surface area contributed by atoms with E-state index < -0.39 is 0 Å². The Morgan fingerprint density at radius 1 is 1.35 bits per heavy atom. The molecule has 0 spiro atoms. The van der Waals surface area contributed by atoms with Crippen molar-refractivity contribution >= 4 is 15.9 Å². The van der Waals surface area contributed by atoms with Crippen LogP contribution in [0.1, 0.15) is 38.2 Å². The minimum absolute atomic E-state index is 0.766. The summed E-state index contributed by atoms with van der Waals surface area (Å²) >= 11 is 3.62. The highest BCUT2D eigenvalue weighted by atomic mass is 79.9. The zero-order valence-electron chi connectivity index (χ0n) is 10.6. The summed E-state index contributed by atoms with van der Waals surface area (Å²) in [5.41, 5.74) is 1.44. The van der Waals surface area contributed by atoms with Gasteiger partial charge in [0.1, 0.15) is 0 Å². The lowest BCUT2D eigenvalue weighted by Gasteiger charge is -2.17. The smallest absolute Gasteiger partial charge is 0.0207 e. The molecule has 0 radical (unpaired) electrons. The molecule has 0 heterocycles. The fourth-order valence-corrected chi connectivity index (χ4v) is 2.96. The summed E-state index contributed by atoms with van der Waals surface area (Å²) in [4.78, 5) is 0. The highest BCUT2D eigenvalue weighted by Crippen LogP contribution is 2.34. The molecule has 2 heteroatoms. The van der Waals surface area contributed by atoms with E-state index >= 15 is 0 Å². The number of halogens is 1. The third kappa shape index (κ3) is 4.11. The second-order valence-electron chi connectivity index (χ2n) is 4.99. The quantitative estimate of drug-likeness (QED) is 0.796. The summed E-state index contributed by atoms with van der Waals surface area (Å²) < 4.78 is 1.26. The standard InChI is InChI=1S/C15H22BrN/c1-2-17-15(13-10-11-13)9-5-7-12-6-3-4-8-14(12)16/h3-4,6,8,13,15,17H,2,5,7,9-11H2,1H3. The number of nitrogens with one attached hydrogen (secondary N) is 1. The Morgan fingerprint density at radius 3 is 2.76 bits per heavy atom. The first-order chi connectivity index (χ1) is 8.31. The van der Waals surface area contributed by atoms with E-state index in [4.69, 9.17) is 0 Å². The average Bonchev–Trinajstić information content (AvgIpc) is 3.14. The molecule has 1 aromatic rings. The van der Waals surface area contributed by atoms with Crippen LogP contribution in [0.2, 0.25) is 0 Å². The summed E-state index contributed by atoms with van der Waals surface area (Å²) in [7, 11) is 0. The Labute approximate surface area is 113 Å². The molecule has 0 aromatic heterocycles. The van der Waals surface area contributed by atoms with Crippen LogP contribution in [0.3, 0.4) is 0 Å². The number of rotatable bonds is 7. The Hall–Kier alpha value is -0.340. The lowest BCUT2D eigenvalue weighted by molar-refractivity contribution is 0.434. The van der Waals surface area contributed by atoms with Crippen molar-refractivity contribution < 1.29 is 0 Å². The van der Waals surface area contributed by atoms with E-state index in [-0.39, 0.29) is 0 Å². The van der Waals surface area contributed by atoms with Crippen molar-refractivity contribution in [3.8, 4) is 0 Å². The Balaban J connectivity index is 1.76. The van der Waals surface area contributed by atoms with Crippen LogP contribution in [0.4, 0.5) is 0 Å². The molecule has 0 aliphatic heterocycles. The minimum atomic E-state index is 0.766. The van der Waals surface area contributed by atoms with Crippen molar-refractivity contribution in [1.82, 2.24) is 5.32 Å². The normalized spacial score (nSPS) is 17.1. The van der Waals surface area contributed by atoms with E-state index in [1.54, 1.807) is 0 Å². The van der Waals surface area contributed by atoms with Crippen LogP contribution < -0.4 is 5.32 Å². The first kappa shape index (κ1) is 13.1. The SMILES string of the molecule is CCNC(CCCc1ccccc1Br)C1CC1. The molecule has 1 aromatic carbocycles. The first-order valence-corrected chi connectivity index (χ1v) is 7.57. The summed E-state index contributed by atoms with van der Waals surface area (Å²) in [6.45, 7) is 3.32. The van der Waals surface area contributed by atoms with Crippen LogP contribution in [-0.4, -0.2) is 12.6 Å². The van der Waals surface area contributed by atoms with E-state index in [1.807, 2.05) is 0 Å². The number of aryl methyl sites for hydroxylation is 1. The van der Waals surface area contributed by atoms with E-state index in [0.29, 0.717) is 0 Å². The largest absolute Gasteiger partial charge is 0.314 e. The van der Waals surface area contributed by atoms with Crippen LogP contribution in [0.15, 0.2) is 28.7 Å². The van der Waals surface area contributed by atoms with Crippen LogP contribution >= 0.6 is 15.9 Å². The summed E-state index contributed by atoms with van der Waals surface area (Å²) in [6.07, 6.45) is 6.67. The number of hydrogen-bond donors (Lipinski definition) is 1. The molecule has 2 rings (SSSR count). The molecular weight excluding hydrogens is 274 g/mol. The summed E-state index contributed by atoms with van der Waals surface area (Å²) in [6, 6.07) is 9.34. The Morgan fingerprint density at radius 2 is 2.12 bits per heavy atom. The lowest BCUT2D eigenvalue weighted by atomic mass is 10.0. The molecule has 94 valence electrons. The van der Waals surface area contributed by atoms with Gasteiger partial charge in [0.2, 0.25) is 0 Å². The summed E-state index contributed by atoms with van der Waals surface area (Å²) in [5, 5.41) is 3.63. The molecule has 1 aliphatic carbocycles. The molecule has 0 bridgehead atoms. The molecule has 1 fully saturated rings. The average molecular weight is 296 g/mol. The van der Waals surface area contributed by atoms with Gasteiger partial charge in [-0.2, -0.15) is 0 Å². The third-order valence-corrected chi connectivity index (χ3v) is 4.35. The zero-order chi connectivity index (χ0) is 12.1.